The largest absolute Gasteiger partial charge is 0.306 e. The lowest BCUT2D eigenvalue weighted by Gasteiger charge is -2.21. The van der Waals surface area contributed by atoms with Crippen LogP contribution < -0.4 is 0 Å². The molecule has 1 rings (SSSR count). The second-order valence-electron chi connectivity index (χ2n) is 5.96. The van der Waals surface area contributed by atoms with Gasteiger partial charge in [0.2, 0.25) is 0 Å². The first-order valence-electron chi connectivity index (χ1n) is 6.06. The maximum absolute atomic E-state index is 2.26. The number of benzene rings is 1. The summed E-state index contributed by atoms with van der Waals surface area (Å²) in [5.41, 5.74) is 3.09. The van der Waals surface area contributed by atoms with E-state index in [1.807, 2.05) is 0 Å². The molecule has 0 amide bonds. The molecule has 0 bridgehead atoms. The van der Waals surface area contributed by atoms with Crippen LogP contribution in [0.1, 0.15) is 38.8 Å². The van der Waals surface area contributed by atoms with Crippen LogP contribution in [0.25, 0.3) is 0 Å². The Bertz CT molecular complexity index is 316. The Morgan fingerprint density at radius 1 is 1.06 bits per heavy atom. The van der Waals surface area contributed by atoms with E-state index in [-0.39, 0.29) is 5.41 Å². The van der Waals surface area contributed by atoms with E-state index < -0.39 is 0 Å². The number of nitrogens with zero attached hydrogens (tertiary/aromatic N) is 1. The molecular weight excluding hydrogens is 194 g/mol. The molecule has 0 saturated heterocycles. The van der Waals surface area contributed by atoms with Gasteiger partial charge >= 0.3 is 0 Å². The van der Waals surface area contributed by atoms with Crippen molar-refractivity contribution >= 4 is 0 Å². The zero-order valence-electron chi connectivity index (χ0n) is 11.5. The predicted octanol–water partition coefficient (Wildman–Crippen LogP) is 3.48. The summed E-state index contributed by atoms with van der Waals surface area (Å²) < 4.78 is 0. The van der Waals surface area contributed by atoms with Gasteiger partial charge in [0.1, 0.15) is 0 Å². The Labute approximate surface area is 100 Å². The van der Waals surface area contributed by atoms with E-state index in [1.165, 1.54) is 11.1 Å². The zero-order valence-corrected chi connectivity index (χ0v) is 11.5. The lowest BCUT2D eigenvalue weighted by molar-refractivity contribution is 0.312. The third-order valence-electron chi connectivity index (χ3n) is 3.23. The van der Waals surface area contributed by atoms with E-state index in [1.54, 1.807) is 0 Å². The van der Waals surface area contributed by atoms with Gasteiger partial charge in [0.15, 0.2) is 0 Å². The van der Waals surface area contributed by atoms with Crippen molar-refractivity contribution in [1.29, 1.82) is 0 Å². The summed E-state index contributed by atoms with van der Waals surface area (Å²) >= 11 is 0. The highest BCUT2D eigenvalue weighted by atomic mass is 15.1. The highest BCUT2D eigenvalue weighted by molar-refractivity contribution is 5.27. The third kappa shape index (κ3) is 3.64. The van der Waals surface area contributed by atoms with Gasteiger partial charge in [0.25, 0.3) is 0 Å². The first-order valence-corrected chi connectivity index (χ1v) is 6.06. The number of rotatable bonds is 3. The number of likely N-dealkylation sites (N-methyl/N-ethyl adjacent to an activating group) is 1. The fraction of sp³-hybridized carbons (Fsp3) is 0.600. The molecule has 16 heavy (non-hydrogen) atoms. The molecule has 90 valence electrons. The number of hydrogen-bond acceptors (Lipinski definition) is 1. The summed E-state index contributed by atoms with van der Waals surface area (Å²) in [5, 5.41) is 0. The van der Waals surface area contributed by atoms with Crippen LogP contribution in [0.3, 0.4) is 0 Å². The normalized spacial score (nSPS) is 14.2. The van der Waals surface area contributed by atoms with Crippen molar-refractivity contribution in [3.63, 3.8) is 0 Å². The lowest BCUT2D eigenvalue weighted by atomic mass is 9.86. The van der Waals surface area contributed by atoms with Crippen LogP contribution >= 0.6 is 0 Å². The van der Waals surface area contributed by atoms with Crippen molar-refractivity contribution in [1.82, 2.24) is 4.90 Å². The molecule has 0 aliphatic carbocycles. The van der Waals surface area contributed by atoms with Gasteiger partial charge in [-0.1, -0.05) is 45.0 Å². The van der Waals surface area contributed by atoms with Gasteiger partial charge in [-0.2, -0.15) is 0 Å². The first kappa shape index (κ1) is 13.2. The van der Waals surface area contributed by atoms with Crippen LogP contribution in [-0.4, -0.2) is 25.0 Å². The fourth-order valence-electron chi connectivity index (χ4n) is 1.66. The topological polar surface area (TPSA) is 3.24 Å². The Kier molecular flexibility index (Phi) is 4.15. The molecule has 0 heterocycles. The van der Waals surface area contributed by atoms with Crippen molar-refractivity contribution in [3.05, 3.63) is 35.4 Å². The summed E-state index contributed by atoms with van der Waals surface area (Å²) in [6.45, 7) is 9.02. The van der Waals surface area contributed by atoms with Crippen molar-refractivity contribution in [2.45, 2.75) is 45.6 Å². The smallest absolute Gasteiger partial charge is 0.0101 e. The lowest BCUT2D eigenvalue weighted by Crippen LogP contribution is -2.26. The van der Waals surface area contributed by atoms with Gasteiger partial charge in [0, 0.05) is 6.04 Å². The molecule has 0 N–H and O–H groups in total. The molecule has 0 spiro atoms. The molecule has 0 aliphatic heterocycles. The summed E-state index contributed by atoms with van der Waals surface area (Å²) in [4.78, 5) is 2.26. The molecule has 1 aromatic carbocycles. The van der Waals surface area contributed by atoms with Gasteiger partial charge < -0.3 is 4.90 Å². The molecule has 0 aliphatic rings. The Morgan fingerprint density at radius 3 is 1.94 bits per heavy atom. The van der Waals surface area contributed by atoms with Gasteiger partial charge in [0.05, 0.1) is 0 Å². The second-order valence-corrected chi connectivity index (χ2v) is 5.96. The predicted molar refractivity (Wildman–Crippen MR) is 72.0 cm³/mol. The molecule has 1 heteroatoms. The average molecular weight is 219 g/mol. The molecule has 0 fully saturated rings. The van der Waals surface area contributed by atoms with Gasteiger partial charge in [-0.3, -0.25) is 0 Å². The number of hydrogen-bond donors (Lipinski definition) is 0. The van der Waals surface area contributed by atoms with E-state index in [9.17, 15) is 0 Å². The standard InChI is InChI=1S/C15H25N/c1-12(16(5)6)11-13-7-9-14(10-8-13)15(2,3)4/h7-10,12H,11H2,1-6H3. The van der Waals surface area contributed by atoms with E-state index in [0.29, 0.717) is 6.04 Å². The SMILES string of the molecule is CC(Cc1ccc(C(C)(C)C)cc1)N(C)C. The van der Waals surface area contributed by atoms with Crippen LogP contribution in [0.2, 0.25) is 0 Å². The maximum atomic E-state index is 2.26. The van der Waals surface area contributed by atoms with Crippen LogP contribution in [-0.2, 0) is 11.8 Å². The summed E-state index contributed by atoms with van der Waals surface area (Å²) in [7, 11) is 4.27. The Balaban J connectivity index is 2.72. The van der Waals surface area contributed by atoms with Crippen LogP contribution in [0, 0.1) is 0 Å². The maximum Gasteiger partial charge on any atom is 0.0101 e. The van der Waals surface area contributed by atoms with Gasteiger partial charge in [-0.15, -0.1) is 0 Å². The molecule has 0 radical (unpaired) electrons. The summed E-state index contributed by atoms with van der Waals surface area (Å²) in [6, 6.07) is 9.65. The molecule has 1 nitrogen and oxygen atoms in total. The molecule has 0 saturated carbocycles. The van der Waals surface area contributed by atoms with Crippen LogP contribution in [0.4, 0.5) is 0 Å². The quantitative estimate of drug-likeness (QED) is 0.752. The van der Waals surface area contributed by atoms with E-state index in [4.69, 9.17) is 0 Å². The van der Waals surface area contributed by atoms with E-state index in [2.05, 4.69) is 71.0 Å². The van der Waals surface area contributed by atoms with Crippen LogP contribution in [0.15, 0.2) is 24.3 Å². The van der Waals surface area contributed by atoms with Gasteiger partial charge in [-0.05, 0) is 44.0 Å². The summed E-state index contributed by atoms with van der Waals surface area (Å²) in [5.74, 6) is 0. The van der Waals surface area contributed by atoms with E-state index in [0.717, 1.165) is 6.42 Å². The molecule has 1 unspecified atom stereocenters. The van der Waals surface area contributed by atoms with E-state index >= 15 is 0 Å². The minimum absolute atomic E-state index is 0.256. The highest BCUT2D eigenvalue weighted by Crippen LogP contribution is 2.22. The van der Waals surface area contributed by atoms with Crippen molar-refractivity contribution in [3.8, 4) is 0 Å². The monoisotopic (exact) mass is 219 g/mol. The highest BCUT2D eigenvalue weighted by Gasteiger charge is 2.13. The molecule has 1 atom stereocenters. The minimum Gasteiger partial charge on any atom is -0.306 e. The Morgan fingerprint density at radius 2 is 1.56 bits per heavy atom. The van der Waals surface area contributed by atoms with Crippen molar-refractivity contribution in [2.75, 3.05) is 14.1 Å². The van der Waals surface area contributed by atoms with Crippen molar-refractivity contribution in [2.24, 2.45) is 0 Å². The fourth-order valence-corrected chi connectivity index (χ4v) is 1.66. The average Bonchev–Trinajstić information content (AvgIpc) is 2.17. The van der Waals surface area contributed by atoms with Crippen LogP contribution in [0.5, 0.6) is 0 Å². The molecule has 0 aromatic heterocycles. The minimum atomic E-state index is 0.256. The first-order chi connectivity index (χ1) is 7.30. The zero-order chi connectivity index (χ0) is 12.3. The molecular formula is C15H25N. The summed E-state index contributed by atoms with van der Waals surface area (Å²) in [6.07, 6.45) is 1.12. The Hall–Kier alpha value is -0.820. The second kappa shape index (κ2) is 5.01. The van der Waals surface area contributed by atoms with Gasteiger partial charge in [-0.25, -0.2) is 0 Å². The molecule has 1 aromatic rings. The van der Waals surface area contributed by atoms with Crippen molar-refractivity contribution < 1.29 is 0 Å². The third-order valence-corrected chi connectivity index (χ3v) is 3.23.